The largest absolute Gasteiger partial charge is 0.393 e. The molecule has 1 unspecified atom stereocenters. The van der Waals surface area contributed by atoms with Crippen molar-refractivity contribution in [2.24, 2.45) is 17.4 Å². The summed E-state index contributed by atoms with van der Waals surface area (Å²) in [7, 11) is 0. The summed E-state index contributed by atoms with van der Waals surface area (Å²) in [5.41, 5.74) is 9.94. The average Bonchev–Trinajstić information content (AvgIpc) is 2.99. The first kappa shape index (κ1) is 20.4. The normalized spacial score (nSPS) is 16.1. The minimum atomic E-state index is -1.70. The molecule has 0 aliphatic carbocycles. The highest BCUT2D eigenvalue weighted by atomic mass is 32.1. The molecule has 2 aromatic rings. The van der Waals surface area contributed by atoms with Crippen LogP contribution in [0, 0.1) is 12.3 Å². The summed E-state index contributed by atoms with van der Waals surface area (Å²) in [5.74, 6) is -2.07. The van der Waals surface area contributed by atoms with Crippen molar-refractivity contribution in [1.82, 2.24) is 0 Å². The van der Waals surface area contributed by atoms with Crippen LogP contribution in [0.5, 0.6) is 0 Å². The average molecular weight is 377 g/mol. The van der Waals surface area contributed by atoms with Crippen molar-refractivity contribution in [3.8, 4) is 0 Å². The van der Waals surface area contributed by atoms with E-state index >= 15 is 0 Å². The van der Waals surface area contributed by atoms with E-state index < -0.39 is 29.4 Å². The van der Waals surface area contributed by atoms with Gasteiger partial charge < -0.3 is 21.7 Å². The summed E-state index contributed by atoms with van der Waals surface area (Å²) in [6.45, 7) is 1.30. The molecule has 7 heteroatoms. The fraction of sp³-hybridized carbons (Fsp3) is 0.421. The Bertz CT molecular complexity index is 772. The van der Waals surface area contributed by atoms with E-state index in [1.54, 1.807) is 17.8 Å². The molecule has 141 valence electrons. The molecule has 0 spiro atoms. The van der Waals surface area contributed by atoms with Gasteiger partial charge in [-0.25, -0.2) is 0 Å². The van der Waals surface area contributed by atoms with E-state index in [4.69, 9.17) is 11.5 Å². The Morgan fingerprint density at radius 3 is 2.65 bits per heavy atom. The summed E-state index contributed by atoms with van der Waals surface area (Å²) in [6.07, 6.45) is 1.85. The molecule has 0 aliphatic heterocycles. The lowest BCUT2D eigenvalue weighted by molar-refractivity contribution is -0.136. The lowest BCUT2D eigenvalue weighted by Crippen LogP contribution is -2.42. The van der Waals surface area contributed by atoms with Crippen LogP contribution in [0.3, 0.4) is 0 Å². The molecule has 6 N–H and O–H groups in total. The Morgan fingerprint density at radius 2 is 2.00 bits per heavy atom. The van der Waals surface area contributed by atoms with Crippen LogP contribution in [0.1, 0.15) is 31.7 Å². The topological polar surface area (TPSA) is 127 Å². The van der Waals surface area contributed by atoms with Crippen molar-refractivity contribution in [3.05, 3.63) is 41.6 Å². The molecule has 0 aliphatic rings. The molecule has 1 aromatic heterocycles. The minimum Gasteiger partial charge on any atom is -0.393 e. The monoisotopic (exact) mass is 377 g/mol. The fourth-order valence-electron chi connectivity index (χ4n) is 2.80. The smallest absolute Gasteiger partial charge is 0.249 e. The van der Waals surface area contributed by atoms with Gasteiger partial charge in [-0.3, -0.25) is 9.59 Å². The maximum Gasteiger partial charge on any atom is 0.249 e. The van der Waals surface area contributed by atoms with Gasteiger partial charge in [0.15, 0.2) is 0 Å². The third-order valence-corrected chi connectivity index (χ3v) is 5.62. The Balaban J connectivity index is 1.90. The first-order chi connectivity index (χ1) is 12.2. The first-order valence-electron chi connectivity index (χ1n) is 8.49. The van der Waals surface area contributed by atoms with E-state index in [1.165, 1.54) is 11.6 Å². The van der Waals surface area contributed by atoms with E-state index in [9.17, 15) is 19.8 Å². The number of rotatable bonds is 10. The molecular weight excluding hydrogens is 352 g/mol. The summed E-state index contributed by atoms with van der Waals surface area (Å²) >= 11 is 1.65. The summed E-state index contributed by atoms with van der Waals surface area (Å²) in [6, 6.07) is 8.05. The number of hydrogen-bond donors (Lipinski definition) is 4. The molecule has 6 nitrogen and oxygen atoms in total. The maximum atomic E-state index is 11.6. The fourth-order valence-corrected chi connectivity index (χ4v) is 3.77. The molecule has 2 rings (SSSR count). The second kappa shape index (κ2) is 8.62. The van der Waals surface area contributed by atoms with Crippen LogP contribution in [0.15, 0.2) is 29.6 Å². The second-order valence-electron chi connectivity index (χ2n) is 6.78. The molecule has 0 bridgehead atoms. The Hall–Kier alpha value is -1.96. The lowest BCUT2D eigenvalue weighted by atomic mass is 9.88. The van der Waals surface area contributed by atoms with Crippen LogP contribution >= 0.6 is 11.3 Å². The molecule has 3 atom stereocenters. The van der Waals surface area contributed by atoms with Gasteiger partial charge in [0.25, 0.3) is 0 Å². The minimum absolute atomic E-state index is 0.0117. The third kappa shape index (κ3) is 5.27. The number of thiophene rings is 1. The molecule has 26 heavy (non-hydrogen) atoms. The number of fused-ring (bicyclic) bond motifs is 1. The summed E-state index contributed by atoms with van der Waals surface area (Å²) in [5, 5.41) is 23.4. The standard InChI is InChI=1S/C19H25N2O4S/c1-19(25,18(21)24)9-8-12(17(20)23)10-14(22)7-6-13-11-26-16-5-3-2-4-15(13)16/h2-5,7,11-12,14,22,25H,6,8-10H2,1H3,(H2,20,23)(H2,21,24)/t12-,14+,19?/m1/s1. The van der Waals surface area contributed by atoms with Crippen molar-refractivity contribution in [1.29, 1.82) is 0 Å². The molecular formula is C19H25N2O4S. The van der Waals surface area contributed by atoms with Gasteiger partial charge in [-0.05, 0) is 61.4 Å². The van der Waals surface area contributed by atoms with Crippen molar-refractivity contribution in [2.75, 3.05) is 0 Å². The quantitative estimate of drug-likeness (QED) is 0.500. The molecule has 1 heterocycles. The van der Waals surface area contributed by atoms with Crippen molar-refractivity contribution in [2.45, 2.75) is 44.3 Å². The predicted molar refractivity (Wildman–Crippen MR) is 102 cm³/mol. The van der Waals surface area contributed by atoms with Gasteiger partial charge in [0, 0.05) is 10.6 Å². The number of primary amides is 2. The number of carbonyl (C=O) groups excluding carboxylic acids is 2. The Kier molecular flexibility index (Phi) is 6.75. The Morgan fingerprint density at radius 1 is 1.31 bits per heavy atom. The van der Waals surface area contributed by atoms with E-state index in [0.29, 0.717) is 6.42 Å². The summed E-state index contributed by atoms with van der Waals surface area (Å²) < 4.78 is 1.19. The van der Waals surface area contributed by atoms with E-state index in [2.05, 4.69) is 5.38 Å². The molecule has 1 aromatic carbocycles. The number of carbonyl (C=O) groups is 2. The van der Waals surface area contributed by atoms with Gasteiger partial charge in [-0.2, -0.15) is 0 Å². The SMILES string of the molecule is CC(O)(CC[C@H](C[C@@H](O)[CH]Cc1csc2ccccc12)C(N)=O)C(N)=O. The third-order valence-electron chi connectivity index (χ3n) is 4.61. The van der Waals surface area contributed by atoms with Crippen LogP contribution in [0.4, 0.5) is 0 Å². The van der Waals surface area contributed by atoms with Crippen LogP contribution in [0.25, 0.3) is 10.1 Å². The van der Waals surface area contributed by atoms with E-state index in [1.807, 2.05) is 24.3 Å². The maximum absolute atomic E-state index is 11.6. The number of aliphatic hydroxyl groups is 2. The highest BCUT2D eigenvalue weighted by molar-refractivity contribution is 7.17. The van der Waals surface area contributed by atoms with Gasteiger partial charge >= 0.3 is 0 Å². The number of nitrogens with two attached hydrogens (primary N) is 2. The number of hydrogen-bond acceptors (Lipinski definition) is 5. The van der Waals surface area contributed by atoms with Crippen molar-refractivity contribution >= 4 is 33.2 Å². The first-order valence-corrected chi connectivity index (χ1v) is 9.37. The van der Waals surface area contributed by atoms with Crippen LogP contribution in [-0.2, 0) is 16.0 Å². The molecule has 2 amide bonds. The molecule has 0 saturated heterocycles. The van der Waals surface area contributed by atoms with E-state index in [-0.39, 0.29) is 19.3 Å². The number of aliphatic hydroxyl groups excluding tert-OH is 1. The van der Waals surface area contributed by atoms with Gasteiger partial charge in [0.2, 0.25) is 11.8 Å². The molecule has 0 saturated carbocycles. The predicted octanol–water partition coefficient (Wildman–Crippen LogP) is 1.52. The van der Waals surface area contributed by atoms with Gasteiger partial charge in [-0.15, -0.1) is 11.3 Å². The highest BCUT2D eigenvalue weighted by Crippen LogP contribution is 2.27. The van der Waals surface area contributed by atoms with E-state index in [0.717, 1.165) is 10.9 Å². The highest BCUT2D eigenvalue weighted by Gasteiger charge is 2.30. The van der Waals surface area contributed by atoms with Crippen LogP contribution < -0.4 is 11.5 Å². The molecule has 0 fully saturated rings. The van der Waals surface area contributed by atoms with Gasteiger partial charge in [0.05, 0.1) is 6.10 Å². The Labute approximate surface area is 156 Å². The molecule has 1 radical (unpaired) electrons. The van der Waals surface area contributed by atoms with Gasteiger partial charge in [0.1, 0.15) is 5.60 Å². The lowest BCUT2D eigenvalue weighted by Gasteiger charge is -2.23. The zero-order valence-corrected chi connectivity index (χ0v) is 15.5. The van der Waals surface area contributed by atoms with Gasteiger partial charge in [-0.1, -0.05) is 18.2 Å². The zero-order valence-electron chi connectivity index (χ0n) is 14.7. The zero-order chi connectivity index (χ0) is 19.3. The second-order valence-corrected chi connectivity index (χ2v) is 7.69. The van der Waals surface area contributed by atoms with Crippen molar-refractivity contribution in [3.63, 3.8) is 0 Å². The van der Waals surface area contributed by atoms with Crippen molar-refractivity contribution < 1.29 is 19.8 Å². The van der Waals surface area contributed by atoms with Crippen LogP contribution in [-0.4, -0.2) is 33.7 Å². The number of amides is 2. The van der Waals surface area contributed by atoms with Crippen LogP contribution in [0.2, 0.25) is 0 Å². The number of benzene rings is 1. The summed E-state index contributed by atoms with van der Waals surface area (Å²) in [4.78, 5) is 22.8.